The summed E-state index contributed by atoms with van der Waals surface area (Å²) in [5.74, 6) is 0. The highest BCUT2D eigenvalue weighted by molar-refractivity contribution is 9.10. The van der Waals surface area contributed by atoms with E-state index >= 15 is 0 Å². The molecule has 0 fully saturated rings. The third-order valence-corrected chi connectivity index (χ3v) is 3.43. The van der Waals surface area contributed by atoms with Crippen molar-refractivity contribution >= 4 is 56.1 Å². The number of halogens is 2. The first-order valence-electron chi connectivity index (χ1n) is 5.04. The van der Waals surface area contributed by atoms with Gasteiger partial charge in [-0.3, -0.25) is 4.98 Å². The van der Waals surface area contributed by atoms with Crippen molar-refractivity contribution in [2.45, 2.75) is 0 Å². The van der Waals surface area contributed by atoms with Crippen LogP contribution < -0.4 is 11.1 Å². The quantitative estimate of drug-likeness (QED) is 0.831. The number of nitrogens with zero attached hydrogens (tertiary/aromatic N) is 1. The van der Waals surface area contributed by atoms with E-state index in [0.717, 1.165) is 21.4 Å². The van der Waals surface area contributed by atoms with Gasteiger partial charge in [0.15, 0.2) is 0 Å². The summed E-state index contributed by atoms with van der Waals surface area (Å²) in [4.78, 5) is 4.37. The highest BCUT2D eigenvalue weighted by Crippen LogP contribution is 2.29. The second-order valence-corrected chi connectivity index (χ2v) is 5.27. The Kier molecular flexibility index (Phi) is 4.16. The molecule has 0 aliphatic carbocycles. The SMILES string of the molecule is NC(=S)c1ccncc1Nc1cc(Cl)ccc1Br. The van der Waals surface area contributed by atoms with Crippen molar-refractivity contribution in [1.82, 2.24) is 4.98 Å². The van der Waals surface area contributed by atoms with Crippen molar-refractivity contribution in [3.05, 3.63) is 51.7 Å². The maximum Gasteiger partial charge on any atom is 0.106 e. The number of hydrogen-bond donors (Lipinski definition) is 2. The summed E-state index contributed by atoms with van der Waals surface area (Å²) < 4.78 is 0.893. The molecule has 0 aliphatic rings. The van der Waals surface area contributed by atoms with Crippen molar-refractivity contribution in [3.63, 3.8) is 0 Å². The number of aromatic nitrogens is 1. The predicted octanol–water partition coefficient (Wildman–Crippen LogP) is 3.88. The number of benzene rings is 1. The highest BCUT2D eigenvalue weighted by Gasteiger charge is 2.07. The van der Waals surface area contributed by atoms with Crippen molar-refractivity contribution in [1.29, 1.82) is 0 Å². The lowest BCUT2D eigenvalue weighted by Crippen LogP contribution is -2.12. The highest BCUT2D eigenvalue weighted by atomic mass is 79.9. The van der Waals surface area contributed by atoms with Gasteiger partial charge in [0.05, 0.1) is 17.6 Å². The summed E-state index contributed by atoms with van der Waals surface area (Å²) >= 11 is 14.4. The van der Waals surface area contributed by atoms with Crippen LogP contribution in [-0.2, 0) is 0 Å². The van der Waals surface area contributed by atoms with Gasteiger partial charge in [-0.1, -0.05) is 23.8 Å². The van der Waals surface area contributed by atoms with Gasteiger partial charge in [-0.2, -0.15) is 0 Å². The fourth-order valence-corrected chi connectivity index (χ4v) is 2.14. The van der Waals surface area contributed by atoms with E-state index in [9.17, 15) is 0 Å². The lowest BCUT2D eigenvalue weighted by atomic mass is 10.2. The Morgan fingerprint density at radius 3 is 2.83 bits per heavy atom. The minimum atomic E-state index is 0.318. The molecule has 6 heteroatoms. The minimum absolute atomic E-state index is 0.318. The molecule has 0 saturated carbocycles. The smallest absolute Gasteiger partial charge is 0.106 e. The van der Waals surface area contributed by atoms with Crippen LogP contribution in [0, 0.1) is 0 Å². The van der Waals surface area contributed by atoms with Crippen LogP contribution in [-0.4, -0.2) is 9.97 Å². The molecule has 1 aromatic heterocycles. The second-order valence-electron chi connectivity index (χ2n) is 3.53. The molecular formula is C12H9BrClN3S. The Morgan fingerprint density at radius 2 is 2.11 bits per heavy atom. The van der Waals surface area contributed by atoms with Crippen LogP contribution in [0.25, 0.3) is 0 Å². The third-order valence-electron chi connectivity index (χ3n) is 2.28. The Balaban J connectivity index is 2.40. The Labute approximate surface area is 123 Å². The molecule has 3 N–H and O–H groups in total. The molecule has 0 aliphatic heterocycles. The predicted molar refractivity (Wildman–Crippen MR) is 82.6 cm³/mol. The summed E-state index contributed by atoms with van der Waals surface area (Å²) in [6.07, 6.45) is 3.31. The van der Waals surface area contributed by atoms with Gasteiger partial charge in [0.25, 0.3) is 0 Å². The molecule has 0 unspecified atom stereocenters. The normalized spacial score (nSPS) is 10.1. The molecule has 2 rings (SSSR count). The molecule has 2 aromatic rings. The molecule has 0 bridgehead atoms. The lowest BCUT2D eigenvalue weighted by Gasteiger charge is -2.12. The van der Waals surface area contributed by atoms with E-state index in [1.807, 2.05) is 12.1 Å². The van der Waals surface area contributed by atoms with Gasteiger partial charge in [-0.25, -0.2) is 0 Å². The maximum absolute atomic E-state index is 5.96. The molecule has 1 heterocycles. The molecule has 0 amide bonds. The lowest BCUT2D eigenvalue weighted by molar-refractivity contribution is 1.31. The third kappa shape index (κ3) is 2.98. The fraction of sp³-hybridized carbons (Fsp3) is 0. The standard InChI is InChI=1S/C12H9BrClN3S/c13-9-2-1-7(14)5-10(9)17-11-6-16-4-3-8(11)12(15)18/h1-6,17H,(H2,15,18). The number of hydrogen-bond acceptors (Lipinski definition) is 3. The molecule has 92 valence electrons. The number of pyridine rings is 1. The van der Waals surface area contributed by atoms with Gasteiger partial charge in [0.2, 0.25) is 0 Å². The van der Waals surface area contributed by atoms with Gasteiger partial charge in [0, 0.05) is 21.3 Å². The average Bonchev–Trinajstić information content (AvgIpc) is 2.34. The monoisotopic (exact) mass is 341 g/mol. The molecule has 0 spiro atoms. The van der Waals surface area contributed by atoms with Crippen LogP contribution in [0.3, 0.4) is 0 Å². The number of rotatable bonds is 3. The molecular weight excluding hydrogens is 334 g/mol. The second kappa shape index (κ2) is 5.65. The first-order chi connectivity index (χ1) is 8.58. The number of anilines is 2. The van der Waals surface area contributed by atoms with E-state index in [4.69, 9.17) is 29.6 Å². The largest absolute Gasteiger partial charge is 0.389 e. The van der Waals surface area contributed by atoms with Gasteiger partial charge in [-0.05, 0) is 40.2 Å². The molecule has 1 aromatic carbocycles. The van der Waals surface area contributed by atoms with Gasteiger partial charge >= 0.3 is 0 Å². The summed E-state index contributed by atoms with van der Waals surface area (Å²) in [6, 6.07) is 7.24. The molecule has 3 nitrogen and oxygen atoms in total. The van der Waals surface area contributed by atoms with Crippen LogP contribution >= 0.6 is 39.7 Å². The van der Waals surface area contributed by atoms with Crippen LogP contribution in [0.4, 0.5) is 11.4 Å². The van der Waals surface area contributed by atoms with E-state index in [-0.39, 0.29) is 0 Å². The van der Waals surface area contributed by atoms with Crippen molar-refractivity contribution in [2.75, 3.05) is 5.32 Å². The fourth-order valence-electron chi connectivity index (χ4n) is 1.45. The number of nitrogens with two attached hydrogens (primary N) is 1. The van der Waals surface area contributed by atoms with Crippen LogP contribution in [0.2, 0.25) is 5.02 Å². The summed E-state index contributed by atoms with van der Waals surface area (Å²) in [6.45, 7) is 0. The van der Waals surface area contributed by atoms with E-state index in [2.05, 4.69) is 26.2 Å². The van der Waals surface area contributed by atoms with E-state index in [0.29, 0.717) is 10.0 Å². The van der Waals surface area contributed by atoms with Crippen LogP contribution in [0.1, 0.15) is 5.56 Å². The van der Waals surface area contributed by atoms with Crippen LogP contribution in [0.5, 0.6) is 0 Å². The van der Waals surface area contributed by atoms with Gasteiger partial charge in [-0.15, -0.1) is 0 Å². The zero-order chi connectivity index (χ0) is 13.1. The zero-order valence-electron chi connectivity index (χ0n) is 9.15. The Morgan fingerprint density at radius 1 is 1.33 bits per heavy atom. The summed E-state index contributed by atoms with van der Waals surface area (Å²) in [5, 5.41) is 3.84. The first-order valence-corrected chi connectivity index (χ1v) is 6.62. The summed E-state index contributed by atoms with van der Waals surface area (Å²) in [7, 11) is 0. The number of nitrogens with one attached hydrogen (secondary N) is 1. The van der Waals surface area contributed by atoms with Crippen molar-refractivity contribution in [2.24, 2.45) is 5.73 Å². The van der Waals surface area contributed by atoms with Crippen molar-refractivity contribution in [3.8, 4) is 0 Å². The topological polar surface area (TPSA) is 50.9 Å². The Bertz CT molecular complexity index is 604. The van der Waals surface area contributed by atoms with E-state index in [1.54, 1.807) is 24.5 Å². The molecule has 18 heavy (non-hydrogen) atoms. The summed E-state index contributed by atoms with van der Waals surface area (Å²) in [5.41, 5.74) is 7.97. The first kappa shape index (κ1) is 13.3. The van der Waals surface area contributed by atoms with Crippen LogP contribution in [0.15, 0.2) is 41.1 Å². The van der Waals surface area contributed by atoms with Gasteiger partial charge < -0.3 is 11.1 Å². The minimum Gasteiger partial charge on any atom is -0.389 e. The van der Waals surface area contributed by atoms with E-state index in [1.165, 1.54) is 0 Å². The Hall–Kier alpha value is -1.17. The van der Waals surface area contributed by atoms with E-state index < -0.39 is 0 Å². The average molecular weight is 343 g/mol. The maximum atomic E-state index is 5.96. The molecule has 0 radical (unpaired) electrons. The van der Waals surface area contributed by atoms with Crippen molar-refractivity contribution < 1.29 is 0 Å². The zero-order valence-corrected chi connectivity index (χ0v) is 12.3. The molecule has 0 saturated heterocycles. The van der Waals surface area contributed by atoms with Gasteiger partial charge in [0.1, 0.15) is 4.99 Å². The molecule has 0 atom stereocenters. The number of thiocarbonyl (C=S) groups is 1.